The molecule has 7 nitrogen and oxygen atoms in total. The topological polar surface area (TPSA) is 84.9 Å². The molecule has 1 atom stereocenters. The molecule has 27 heavy (non-hydrogen) atoms. The van der Waals surface area contributed by atoms with Gasteiger partial charge in [0.25, 0.3) is 0 Å². The zero-order valence-electron chi connectivity index (χ0n) is 16.5. The number of ether oxygens (including phenoxy) is 2. The van der Waals surface area contributed by atoms with Crippen molar-refractivity contribution in [2.24, 2.45) is 5.92 Å². The van der Waals surface area contributed by atoms with Gasteiger partial charge in [0.05, 0.1) is 19.6 Å². The Morgan fingerprint density at radius 3 is 2.70 bits per heavy atom. The summed E-state index contributed by atoms with van der Waals surface area (Å²) in [5, 5.41) is 2.80. The molecular formula is C19H30N2O5S. The van der Waals surface area contributed by atoms with Gasteiger partial charge in [0.15, 0.2) is 0 Å². The third-order valence-electron chi connectivity index (χ3n) is 4.83. The van der Waals surface area contributed by atoms with E-state index in [1.807, 2.05) is 19.9 Å². The average Bonchev–Trinajstić information content (AvgIpc) is 2.67. The standard InChI is InChI=1S/C19H30N2O5S/c1-14(2)15-7-8-17(26-4)18(12-15)27(23,24)21-10-5-6-16(13-21)19(22)20-9-11-25-3/h7-8,12,14,16H,5-6,9-11,13H2,1-4H3,(H,20,22)/t16-/m1/s1. The Bertz CT molecular complexity index is 748. The Morgan fingerprint density at radius 2 is 2.07 bits per heavy atom. The molecule has 1 saturated heterocycles. The van der Waals surface area contributed by atoms with Crippen LogP contribution in [0.4, 0.5) is 0 Å². The summed E-state index contributed by atoms with van der Waals surface area (Å²) in [6.07, 6.45) is 1.32. The number of nitrogens with zero attached hydrogens (tertiary/aromatic N) is 1. The van der Waals surface area contributed by atoms with Gasteiger partial charge in [0, 0.05) is 26.7 Å². The molecule has 152 valence electrons. The SMILES string of the molecule is COCCNC(=O)[C@@H]1CCCN(S(=O)(=O)c2cc(C(C)C)ccc2OC)C1. The van der Waals surface area contributed by atoms with E-state index < -0.39 is 10.0 Å². The van der Waals surface area contributed by atoms with Crippen LogP contribution in [0.1, 0.15) is 38.2 Å². The van der Waals surface area contributed by atoms with Gasteiger partial charge in [-0.05, 0) is 36.5 Å². The third-order valence-corrected chi connectivity index (χ3v) is 6.72. The van der Waals surface area contributed by atoms with E-state index in [1.165, 1.54) is 11.4 Å². The lowest BCUT2D eigenvalue weighted by Crippen LogP contribution is -2.45. The number of rotatable bonds is 8. The van der Waals surface area contributed by atoms with Gasteiger partial charge in [-0.2, -0.15) is 4.31 Å². The van der Waals surface area contributed by atoms with Crippen LogP contribution in [0.3, 0.4) is 0 Å². The molecule has 1 aromatic carbocycles. The molecule has 8 heteroatoms. The lowest BCUT2D eigenvalue weighted by Gasteiger charge is -2.31. The molecule has 1 aromatic rings. The monoisotopic (exact) mass is 398 g/mol. The maximum Gasteiger partial charge on any atom is 0.246 e. The van der Waals surface area contributed by atoms with Gasteiger partial charge in [-0.1, -0.05) is 19.9 Å². The minimum absolute atomic E-state index is 0.130. The molecule has 1 amide bonds. The maximum absolute atomic E-state index is 13.3. The second-order valence-electron chi connectivity index (χ2n) is 7.05. The van der Waals surface area contributed by atoms with Crippen LogP contribution < -0.4 is 10.1 Å². The van der Waals surface area contributed by atoms with E-state index in [-0.39, 0.29) is 29.2 Å². The summed E-state index contributed by atoms with van der Waals surface area (Å²) in [6.45, 7) is 5.46. The molecule has 1 aliphatic rings. The number of nitrogens with one attached hydrogen (secondary N) is 1. The normalized spacial score (nSPS) is 18.5. The fourth-order valence-electron chi connectivity index (χ4n) is 3.19. The Morgan fingerprint density at radius 1 is 1.33 bits per heavy atom. The van der Waals surface area contributed by atoms with E-state index in [9.17, 15) is 13.2 Å². The van der Waals surface area contributed by atoms with Crippen LogP contribution in [0.25, 0.3) is 0 Å². The maximum atomic E-state index is 13.3. The number of sulfonamides is 1. The lowest BCUT2D eigenvalue weighted by atomic mass is 9.99. The van der Waals surface area contributed by atoms with Gasteiger partial charge in [-0.25, -0.2) is 8.42 Å². The molecule has 0 saturated carbocycles. The van der Waals surface area contributed by atoms with Crippen LogP contribution in [-0.2, 0) is 19.6 Å². The highest BCUT2D eigenvalue weighted by Gasteiger charge is 2.35. The molecular weight excluding hydrogens is 368 g/mol. The highest BCUT2D eigenvalue weighted by atomic mass is 32.2. The summed E-state index contributed by atoms with van der Waals surface area (Å²) in [7, 11) is -0.716. The largest absolute Gasteiger partial charge is 0.495 e. The lowest BCUT2D eigenvalue weighted by molar-refractivity contribution is -0.126. The predicted octanol–water partition coefficient (Wildman–Crippen LogP) is 1.98. The quantitative estimate of drug-likeness (QED) is 0.677. The Balaban J connectivity index is 2.23. The average molecular weight is 399 g/mol. The highest BCUT2D eigenvalue weighted by molar-refractivity contribution is 7.89. The Hall–Kier alpha value is -1.64. The molecule has 0 aliphatic carbocycles. The van der Waals surface area contributed by atoms with Gasteiger partial charge in [-0.15, -0.1) is 0 Å². The van der Waals surface area contributed by atoms with Gasteiger partial charge in [0.1, 0.15) is 10.6 Å². The molecule has 1 fully saturated rings. The van der Waals surface area contributed by atoms with Crippen molar-refractivity contribution in [3.8, 4) is 5.75 Å². The first-order chi connectivity index (χ1) is 12.8. The Kier molecular flexibility index (Phi) is 7.64. The van der Waals surface area contributed by atoms with Crippen molar-refractivity contribution < 1.29 is 22.7 Å². The van der Waals surface area contributed by atoms with E-state index >= 15 is 0 Å². The number of amides is 1. The number of carbonyl (C=O) groups is 1. The number of hydrogen-bond donors (Lipinski definition) is 1. The van der Waals surface area contributed by atoms with Crippen molar-refractivity contribution in [3.63, 3.8) is 0 Å². The highest BCUT2D eigenvalue weighted by Crippen LogP contribution is 2.32. The number of hydrogen-bond acceptors (Lipinski definition) is 5. The summed E-state index contributed by atoms with van der Waals surface area (Å²) >= 11 is 0. The molecule has 0 bridgehead atoms. The number of piperidine rings is 1. The van der Waals surface area contributed by atoms with Crippen LogP contribution in [-0.4, -0.2) is 59.1 Å². The number of benzene rings is 1. The molecule has 1 N–H and O–H groups in total. The molecule has 1 heterocycles. The summed E-state index contributed by atoms with van der Waals surface area (Å²) < 4.78 is 38.2. The van der Waals surface area contributed by atoms with Gasteiger partial charge >= 0.3 is 0 Å². The van der Waals surface area contributed by atoms with Crippen LogP contribution in [0.2, 0.25) is 0 Å². The van der Waals surface area contributed by atoms with Crippen LogP contribution in [0.5, 0.6) is 5.75 Å². The minimum Gasteiger partial charge on any atom is -0.495 e. The summed E-state index contributed by atoms with van der Waals surface area (Å²) in [6, 6.07) is 5.26. The summed E-state index contributed by atoms with van der Waals surface area (Å²) in [4.78, 5) is 12.5. The fourth-order valence-corrected chi connectivity index (χ4v) is 4.90. The van der Waals surface area contributed by atoms with Crippen molar-refractivity contribution in [3.05, 3.63) is 23.8 Å². The number of carbonyl (C=O) groups excluding carboxylic acids is 1. The number of methoxy groups -OCH3 is 2. The van der Waals surface area contributed by atoms with E-state index in [4.69, 9.17) is 9.47 Å². The van der Waals surface area contributed by atoms with Crippen LogP contribution in [0, 0.1) is 5.92 Å². The summed E-state index contributed by atoms with van der Waals surface area (Å²) in [5.74, 6) is 0.0381. The first-order valence-electron chi connectivity index (χ1n) is 9.26. The van der Waals surface area contributed by atoms with E-state index in [0.29, 0.717) is 38.3 Å². The van der Waals surface area contributed by atoms with E-state index in [0.717, 1.165) is 5.56 Å². The molecule has 0 aromatic heterocycles. The molecule has 2 rings (SSSR count). The zero-order valence-corrected chi connectivity index (χ0v) is 17.3. The minimum atomic E-state index is -3.75. The first-order valence-corrected chi connectivity index (χ1v) is 10.7. The van der Waals surface area contributed by atoms with Crippen molar-refractivity contribution in [2.45, 2.75) is 37.5 Å². The Labute approximate surface area is 162 Å². The van der Waals surface area contributed by atoms with Crippen molar-refractivity contribution in [1.82, 2.24) is 9.62 Å². The summed E-state index contributed by atoms with van der Waals surface area (Å²) in [5.41, 5.74) is 0.931. The third kappa shape index (κ3) is 5.21. The second kappa shape index (κ2) is 9.52. The van der Waals surface area contributed by atoms with Crippen molar-refractivity contribution in [1.29, 1.82) is 0 Å². The molecule has 0 unspecified atom stereocenters. The zero-order chi connectivity index (χ0) is 20.0. The van der Waals surface area contributed by atoms with Crippen LogP contribution in [0.15, 0.2) is 23.1 Å². The van der Waals surface area contributed by atoms with Gasteiger partial charge in [-0.3, -0.25) is 4.79 Å². The first kappa shape index (κ1) is 21.7. The molecule has 0 spiro atoms. The van der Waals surface area contributed by atoms with Crippen LogP contribution >= 0.6 is 0 Å². The van der Waals surface area contributed by atoms with Gasteiger partial charge < -0.3 is 14.8 Å². The fraction of sp³-hybridized carbons (Fsp3) is 0.632. The van der Waals surface area contributed by atoms with Crippen molar-refractivity contribution >= 4 is 15.9 Å². The van der Waals surface area contributed by atoms with Gasteiger partial charge in [0.2, 0.25) is 15.9 Å². The van der Waals surface area contributed by atoms with E-state index in [1.54, 1.807) is 19.2 Å². The van der Waals surface area contributed by atoms with E-state index in [2.05, 4.69) is 5.32 Å². The molecule has 1 aliphatic heterocycles. The predicted molar refractivity (Wildman–Crippen MR) is 103 cm³/mol. The molecule has 0 radical (unpaired) electrons. The van der Waals surface area contributed by atoms with Crippen molar-refractivity contribution in [2.75, 3.05) is 40.5 Å². The second-order valence-corrected chi connectivity index (χ2v) is 8.96. The smallest absolute Gasteiger partial charge is 0.246 e.